The summed E-state index contributed by atoms with van der Waals surface area (Å²) in [6.07, 6.45) is 0.998. The highest BCUT2D eigenvalue weighted by Crippen LogP contribution is 2.28. The zero-order valence-corrected chi connectivity index (χ0v) is 20.2. The fraction of sp³-hybridized carbons (Fsp3) is 0.240. The number of urea groups is 1. The average molecular weight is 500 g/mol. The van der Waals surface area contributed by atoms with Gasteiger partial charge in [0.2, 0.25) is 0 Å². The second-order valence-corrected chi connectivity index (χ2v) is 8.43. The maximum absolute atomic E-state index is 13.0. The van der Waals surface area contributed by atoms with Crippen LogP contribution < -0.4 is 20.9 Å². The summed E-state index contributed by atoms with van der Waals surface area (Å²) >= 11 is 6.18. The van der Waals surface area contributed by atoms with Gasteiger partial charge in [0.25, 0.3) is 5.56 Å². The summed E-state index contributed by atoms with van der Waals surface area (Å²) in [7, 11) is 1.53. The van der Waals surface area contributed by atoms with Crippen LogP contribution in [-0.2, 0) is 11.3 Å². The Labute approximate surface area is 206 Å². The number of pyridine rings is 1. The van der Waals surface area contributed by atoms with Crippen molar-refractivity contribution in [2.24, 2.45) is 0 Å². The Kier molecular flexibility index (Phi) is 8.03. The molecule has 0 spiro atoms. The van der Waals surface area contributed by atoms with E-state index >= 15 is 0 Å². The van der Waals surface area contributed by atoms with Crippen LogP contribution >= 0.6 is 11.6 Å². The van der Waals surface area contributed by atoms with Crippen LogP contribution in [0.4, 0.5) is 10.5 Å². The molecule has 4 N–H and O–H groups in total. The Morgan fingerprint density at radius 1 is 1.14 bits per heavy atom. The Bertz CT molecular complexity index is 1320. The van der Waals surface area contributed by atoms with Crippen LogP contribution in [0.1, 0.15) is 34.7 Å². The van der Waals surface area contributed by atoms with Gasteiger partial charge in [-0.2, -0.15) is 0 Å². The predicted octanol–water partition coefficient (Wildman–Crippen LogP) is 4.22. The monoisotopic (exact) mass is 499 g/mol. The van der Waals surface area contributed by atoms with Crippen LogP contribution in [0.3, 0.4) is 0 Å². The number of anilines is 1. The molecule has 9 nitrogen and oxygen atoms in total. The van der Waals surface area contributed by atoms with Crippen LogP contribution in [0.25, 0.3) is 0 Å². The quantitative estimate of drug-likeness (QED) is 0.367. The number of aromatic hydroxyl groups is 1. The third kappa shape index (κ3) is 6.13. The van der Waals surface area contributed by atoms with Crippen molar-refractivity contribution in [2.75, 3.05) is 12.4 Å². The Morgan fingerprint density at radius 3 is 2.51 bits per heavy atom. The number of carboxylic acid groups (broad SMARTS) is 1. The lowest BCUT2D eigenvalue weighted by molar-refractivity contribution is -0.137. The Hall–Kier alpha value is -3.98. The van der Waals surface area contributed by atoms with Crippen molar-refractivity contribution in [3.05, 3.63) is 86.3 Å². The van der Waals surface area contributed by atoms with Crippen LogP contribution in [0.15, 0.2) is 53.5 Å². The van der Waals surface area contributed by atoms with Gasteiger partial charge in [-0.3, -0.25) is 9.59 Å². The number of aryl methyl sites for hydroxylation is 2. The largest absolute Gasteiger partial charge is 0.505 e. The normalized spacial score (nSPS) is 11.5. The van der Waals surface area contributed by atoms with Gasteiger partial charge in [-0.15, -0.1) is 0 Å². The molecule has 35 heavy (non-hydrogen) atoms. The number of halogens is 1. The summed E-state index contributed by atoms with van der Waals surface area (Å²) in [6.45, 7) is 3.71. The van der Waals surface area contributed by atoms with Gasteiger partial charge in [0.05, 0.1) is 26.1 Å². The summed E-state index contributed by atoms with van der Waals surface area (Å²) in [5, 5.41) is 25.1. The predicted molar refractivity (Wildman–Crippen MR) is 133 cm³/mol. The van der Waals surface area contributed by atoms with Crippen molar-refractivity contribution >= 4 is 29.3 Å². The number of aliphatic carboxylic acids is 1. The standard InChI is InChI=1S/C25H26ClN3O6/c1-14-11-21(35-3)15(2)10-17(14)19(12-22(31)32)27-25(34)28-23-20(30)8-9-29(24(23)33)13-16-6-4-5-7-18(16)26/h4-11,19,30H,12-13H2,1-3H3,(H,31,32)(H2,27,28,34)/t19-/m0/s1. The van der Waals surface area contributed by atoms with E-state index in [1.165, 1.54) is 23.9 Å². The molecular formula is C25H26ClN3O6. The summed E-state index contributed by atoms with van der Waals surface area (Å²) in [6, 6.07) is 10.1. The SMILES string of the molecule is COc1cc(C)c([C@H](CC(=O)O)NC(=O)Nc2c(O)ccn(Cc3ccccc3Cl)c2=O)cc1C. The van der Waals surface area contributed by atoms with E-state index in [0.29, 0.717) is 21.9 Å². The van der Waals surface area contributed by atoms with Crippen LogP contribution in [0, 0.1) is 13.8 Å². The van der Waals surface area contributed by atoms with E-state index in [4.69, 9.17) is 16.3 Å². The topological polar surface area (TPSA) is 130 Å². The number of carbonyl (C=O) groups excluding carboxylic acids is 1. The number of nitrogens with zero attached hydrogens (tertiary/aromatic N) is 1. The zero-order valence-electron chi connectivity index (χ0n) is 19.5. The molecule has 0 unspecified atom stereocenters. The number of hydrogen-bond donors (Lipinski definition) is 4. The van der Waals surface area contributed by atoms with Crippen molar-refractivity contribution in [1.82, 2.24) is 9.88 Å². The molecule has 0 aliphatic heterocycles. The molecule has 2 aromatic carbocycles. The first-order chi connectivity index (χ1) is 16.6. The highest BCUT2D eigenvalue weighted by molar-refractivity contribution is 6.31. The zero-order chi connectivity index (χ0) is 25.7. The van der Waals surface area contributed by atoms with Crippen LogP contribution in [-0.4, -0.2) is 33.9 Å². The van der Waals surface area contributed by atoms with Gasteiger partial charge in [-0.1, -0.05) is 35.9 Å². The second-order valence-electron chi connectivity index (χ2n) is 8.03. The number of methoxy groups -OCH3 is 1. The number of amides is 2. The first-order valence-electron chi connectivity index (χ1n) is 10.7. The highest BCUT2D eigenvalue weighted by Gasteiger charge is 2.22. The minimum atomic E-state index is -1.12. The smallest absolute Gasteiger partial charge is 0.319 e. The van der Waals surface area contributed by atoms with E-state index in [9.17, 15) is 24.6 Å². The maximum Gasteiger partial charge on any atom is 0.319 e. The third-order valence-electron chi connectivity index (χ3n) is 5.52. The van der Waals surface area contributed by atoms with E-state index in [2.05, 4.69) is 10.6 Å². The molecule has 2 amide bonds. The number of hydrogen-bond acceptors (Lipinski definition) is 5. The fourth-order valence-electron chi connectivity index (χ4n) is 3.75. The molecule has 1 heterocycles. The molecule has 0 saturated carbocycles. The van der Waals surface area contributed by atoms with Gasteiger partial charge >= 0.3 is 12.0 Å². The Morgan fingerprint density at radius 2 is 1.86 bits per heavy atom. The van der Waals surface area contributed by atoms with Gasteiger partial charge in [-0.25, -0.2) is 4.79 Å². The number of benzene rings is 2. The minimum absolute atomic E-state index is 0.126. The average Bonchev–Trinajstić information content (AvgIpc) is 2.80. The molecule has 3 aromatic rings. The van der Waals surface area contributed by atoms with Gasteiger partial charge in [0.15, 0.2) is 5.69 Å². The number of ether oxygens (including phenoxy) is 1. The summed E-state index contributed by atoms with van der Waals surface area (Å²) < 4.78 is 6.59. The lowest BCUT2D eigenvalue weighted by atomic mass is 9.96. The molecule has 0 aliphatic rings. The van der Waals surface area contributed by atoms with Crippen molar-refractivity contribution in [1.29, 1.82) is 0 Å². The van der Waals surface area contributed by atoms with Gasteiger partial charge in [-0.05, 0) is 54.3 Å². The molecule has 1 atom stereocenters. The number of nitrogens with one attached hydrogen (secondary N) is 2. The molecule has 184 valence electrons. The third-order valence-corrected chi connectivity index (χ3v) is 5.89. The number of rotatable bonds is 8. The van der Waals surface area contributed by atoms with Gasteiger partial charge in [0.1, 0.15) is 11.5 Å². The molecule has 0 saturated heterocycles. The van der Waals surface area contributed by atoms with Crippen molar-refractivity contribution < 1.29 is 24.5 Å². The van der Waals surface area contributed by atoms with E-state index < -0.39 is 35.8 Å². The van der Waals surface area contributed by atoms with Crippen molar-refractivity contribution in [2.45, 2.75) is 32.9 Å². The van der Waals surface area contributed by atoms with Gasteiger partial charge < -0.3 is 30.2 Å². The number of aromatic nitrogens is 1. The summed E-state index contributed by atoms with van der Waals surface area (Å²) in [5.41, 5.74) is 1.79. The fourth-order valence-corrected chi connectivity index (χ4v) is 3.94. The molecule has 0 radical (unpaired) electrons. The molecule has 0 bridgehead atoms. The maximum atomic E-state index is 13.0. The van der Waals surface area contributed by atoms with Crippen LogP contribution in [0.2, 0.25) is 5.02 Å². The van der Waals surface area contributed by atoms with E-state index in [1.54, 1.807) is 43.3 Å². The molecular weight excluding hydrogens is 474 g/mol. The lowest BCUT2D eigenvalue weighted by Gasteiger charge is -2.21. The Balaban J connectivity index is 1.86. The van der Waals surface area contributed by atoms with E-state index in [0.717, 1.165) is 11.1 Å². The van der Waals surface area contributed by atoms with Gasteiger partial charge in [0, 0.05) is 11.2 Å². The lowest BCUT2D eigenvalue weighted by Crippen LogP contribution is -2.36. The van der Waals surface area contributed by atoms with Crippen molar-refractivity contribution in [3.63, 3.8) is 0 Å². The van der Waals surface area contributed by atoms with Crippen LogP contribution in [0.5, 0.6) is 11.5 Å². The number of carboxylic acids is 1. The molecule has 0 aliphatic carbocycles. The van der Waals surface area contributed by atoms with E-state index in [1.807, 2.05) is 6.92 Å². The van der Waals surface area contributed by atoms with E-state index in [-0.39, 0.29) is 12.2 Å². The molecule has 10 heteroatoms. The first kappa shape index (κ1) is 25.6. The molecule has 3 rings (SSSR count). The second kappa shape index (κ2) is 11.0. The first-order valence-corrected chi connectivity index (χ1v) is 11.1. The highest BCUT2D eigenvalue weighted by atomic mass is 35.5. The molecule has 1 aromatic heterocycles. The summed E-state index contributed by atoms with van der Waals surface area (Å²) in [4.78, 5) is 37.3. The number of carbonyl (C=O) groups is 2. The molecule has 0 fully saturated rings. The summed E-state index contributed by atoms with van der Waals surface area (Å²) in [5.74, 6) is -0.905. The minimum Gasteiger partial charge on any atom is -0.505 e. The van der Waals surface area contributed by atoms with Crippen molar-refractivity contribution in [3.8, 4) is 11.5 Å².